The molecule has 10 heteroatoms. The highest BCUT2D eigenvalue weighted by atomic mass is 32.2. The van der Waals surface area contributed by atoms with Crippen molar-refractivity contribution in [3.05, 3.63) is 54.6 Å². The van der Waals surface area contributed by atoms with Gasteiger partial charge in [-0.1, -0.05) is 18.2 Å². The van der Waals surface area contributed by atoms with Crippen LogP contribution in [0.3, 0.4) is 0 Å². The van der Waals surface area contributed by atoms with E-state index < -0.39 is 10.0 Å². The Morgan fingerprint density at radius 1 is 0.970 bits per heavy atom. The molecule has 1 saturated heterocycles. The number of carbonyl (C=O) groups excluding carboxylic acids is 2. The van der Waals surface area contributed by atoms with Crippen LogP contribution in [0.15, 0.2) is 59.5 Å². The molecular formula is C23H30N4O5S. The molecule has 2 N–H and O–H groups in total. The van der Waals surface area contributed by atoms with Crippen LogP contribution in [0.4, 0.5) is 5.69 Å². The minimum atomic E-state index is -3.73. The molecule has 0 aromatic heterocycles. The van der Waals surface area contributed by atoms with Crippen molar-refractivity contribution in [1.82, 2.24) is 14.5 Å². The highest BCUT2D eigenvalue weighted by Crippen LogP contribution is 2.14. The smallest absolute Gasteiger partial charge is 0.240 e. The number of sulfonamides is 1. The number of hydrogen-bond acceptors (Lipinski definition) is 6. The van der Waals surface area contributed by atoms with Crippen molar-refractivity contribution in [3.63, 3.8) is 0 Å². The highest BCUT2D eigenvalue weighted by Gasteiger charge is 2.21. The van der Waals surface area contributed by atoms with Gasteiger partial charge in [-0.25, -0.2) is 13.1 Å². The zero-order valence-corrected chi connectivity index (χ0v) is 19.5. The third kappa shape index (κ3) is 7.85. The van der Waals surface area contributed by atoms with Gasteiger partial charge >= 0.3 is 0 Å². The maximum atomic E-state index is 12.5. The summed E-state index contributed by atoms with van der Waals surface area (Å²) in [5, 5.41) is 2.58. The van der Waals surface area contributed by atoms with E-state index in [0.29, 0.717) is 25.4 Å². The third-order valence-corrected chi connectivity index (χ3v) is 6.74. The van der Waals surface area contributed by atoms with Crippen molar-refractivity contribution in [2.24, 2.45) is 0 Å². The van der Waals surface area contributed by atoms with Gasteiger partial charge in [0, 0.05) is 58.3 Å². The van der Waals surface area contributed by atoms with E-state index in [-0.39, 0.29) is 29.7 Å². The van der Waals surface area contributed by atoms with Crippen molar-refractivity contribution in [2.45, 2.75) is 18.2 Å². The van der Waals surface area contributed by atoms with Crippen LogP contribution in [-0.2, 0) is 19.6 Å². The van der Waals surface area contributed by atoms with E-state index >= 15 is 0 Å². The average molecular weight is 475 g/mol. The lowest BCUT2D eigenvalue weighted by atomic mass is 10.2. The van der Waals surface area contributed by atoms with Gasteiger partial charge in [0.15, 0.2) is 0 Å². The average Bonchev–Trinajstić information content (AvgIpc) is 2.80. The number of nitrogens with one attached hydrogen (secondary N) is 2. The van der Waals surface area contributed by atoms with Crippen LogP contribution < -0.4 is 14.8 Å². The summed E-state index contributed by atoms with van der Waals surface area (Å²) in [5.41, 5.74) is 0.516. The summed E-state index contributed by atoms with van der Waals surface area (Å²) < 4.78 is 33.0. The molecular weight excluding hydrogens is 444 g/mol. The largest absolute Gasteiger partial charge is 0.492 e. The molecule has 2 aromatic carbocycles. The standard InChI is InChI=1S/C23H30N4O5S/c1-19(28)25-20-7-9-22(10-8-20)33(30,31)24-12-11-23(29)27-15-13-26(14-16-27)17-18-32-21-5-3-2-4-6-21/h2-10,24H,11-18H2,1H3,(H,25,28). The number of hydrogen-bond donors (Lipinski definition) is 2. The second kappa shape index (κ2) is 11.8. The maximum Gasteiger partial charge on any atom is 0.240 e. The number of carbonyl (C=O) groups is 2. The Bertz CT molecular complexity index is 1020. The summed E-state index contributed by atoms with van der Waals surface area (Å²) in [7, 11) is -3.73. The summed E-state index contributed by atoms with van der Waals surface area (Å²) in [6.07, 6.45) is 0.0975. The van der Waals surface area contributed by atoms with Crippen LogP contribution in [0.2, 0.25) is 0 Å². The monoisotopic (exact) mass is 474 g/mol. The second-order valence-electron chi connectivity index (χ2n) is 7.74. The highest BCUT2D eigenvalue weighted by molar-refractivity contribution is 7.89. The zero-order chi connectivity index (χ0) is 23.7. The van der Waals surface area contributed by atoms with Crippen molar-refractivity contribution < 1.29 is 22.7 Å². The minimum absolute atomic E-state index is 0.0275. The van der Waals surface area contributed by atoms with Crippen molar-refractivity contribution in [2.75, 3.05) is 51.2 Å². The SMILES string of the molecule is CC(=O)Nc1ccc(S(=O)(=O)NCCC(=O)N2CCN(CCOc3ccccc3)CC2)cc1. The summed E-state index contributed by atoms with van der Waals surface area (Å²) >= 11 is 0. The van der Waals surface area contributed by atoms with Crippen LogP contribution in [0.25, 0.3) is 0 Å². The molecule has 1 aliphatic rings. The van der Waals surface area contributed by atoms with Gasteiger partial charge in [-0.3, -0.25) is 14.5 Å². The van der Waals surface area contributed by atoms with E-state index in [1.807, 2.05) is 30.3 Å². The van der Waals surface area contributed by atoms with Crippen LogP contribution >= 0.6 is 0 Å². The normalized spacial score (nSPS) is 14.6. The van der Waals surface area contributed by atoms with Crippen LogP contribution in [0, 0.1) is 0 Å². The molecule has 0 bridgehead atoms. The fourth-order valence-electron chi connectivity index (χ4n) is 3.48. The van der Waals surface area contributed by atoms with Crippen LogP contribution in [0.5, 0.6) is 5.75 Å². The molecule has 2 amide bonds. The number of benzene rings is 2. The molecule has 0 spiro atoms. The molecule has 1 aliphatic heterocycles. The van der Waals surface area contributed by atoms with Gasteiger partial charge in [-0.2, -0.15) is 0 Å². The number of amides is 2. The third-order valence-electron chi connectivity index (χ3n) is 5.26. The molecule has 0 saturated carbocycles. The Morgan fingerprint density at radius 3 is 2.27 bits per heavy atom. The molecule has 0 unspecified atom stereocenters. The molecule has 2 aromatic rings. The first-order chi connectivity index (χ1) is 15.8. The molecule has 0 aliphatic carbocycles. The van der Waals surface area contributed by atoms with E-state index in [1.54, 1.807) is 4.90 Å². The van der Waals surface area contributed by atoms with Gasteiger partial charge in [0.25, 0.3) is 0 Å². The first-order valence-corrected chi connectivity index (χ1v) is 12.4. The topological polar surface area (TPSA) is 108 Å². The van der Waals surface area contributed by atoms with Gasteiger partial charge in [0.1, 0.15) is 12.4 Å². The Labute approximate surface area is 194 Å². The number of rotatable bonds is 10. The first kappa shape index (κ1) is 24.7. The number of para-hydroxylation sites is 1. The lowest BCUT2D eigenvalue weighted by Crippen LogP contribution is -2.50. The molecule has 3 rings (SSSR count). The van der Waals surface area contributed by atoms with Gasteiger partial charge in [-0.05, 0) is 36.4 Å². The van der Waals surface area contributed by atoms with Gasteiger partial charge in [0.05, 0.1) is 4.90 Å². The minimum Gasteiger partial charge on any atom is -0.492 e. The van der Waals surface area contributed by atoms with E-state index in [9.17, 15) is 18.0 Å². The fourth-order valence-corrected chi connectivity index (χ4v) is 4.52. The Morgan fingerprint density at radius 2 is 1.64 bits per heavy atom. The summed E-state index contributed by atoms with van der Waals surface area (Å²) in [4.78, 5) is 27.6. The van der Waals surface area contributed by atoms with E-state index in [1.165, 1.54) is 31.2 Å². The molecule has 178 valence electrons. The second-order valence-corrected chi connectivity index (χ2v) is 9.50. The van der Waals surface area contributed by atoms with E-state index in [0.717, 1.165) is 25.4 Å². The van der Waals surface area contributed by atoms with Crippen molar-refractivity contribution >= 4 is 27.5 Å². The maximum absolute atomic E-state index is 12.5. The lowest BCUT2D eigenvalue weighted by molar-refractivity contribution is -0.132. The fraction of sp³-hybridized carbons (Fsp3) is 0.391. The Balaban J connectivity index is 1.35. The quantitative estimate of drug-likeness (QED) is 0.541. The van der Waals surface area contributed by atoms with E-state index in [4.69, 9.17) is 4.74 Å². The Kier molecular flexibility index (Phi) is 8.81. The molecule has 9 nitrogen and oxygen atoms in total. The van der Waals surface area contributed by atoms with Gasteiger partial charge in [-0.15, -0.1) is 0 Å². The molecule has 1 heterocycles. The van der Waals surface area contributed by atoms with Crippen LogP contribution in [0.1, 0.15) is 13.3 Å². The Hall–Kier alpha value is -2.95. The first-order valence-electron chi connectivity index (χ1n) is 10.9. The van der Waals surface area contributed by atoms with Crippen molar-refractivity contribution in [3.8, 4) is 5.75 Å². The molecule has 1 fully saturated rings. The molecule has 33 heavy (non-hydrogen) atoms. The lowest BCUT2D eigenvalue weighted by Gasteiger charge is -2.34. The molecule has 0 atom stereocenters. The van der Waals surface area contributed by atoms with Gasteiger partial charge < -0.3 is 15.0 Å². The summed E-state index contributed by atoms with van der Waals surface area (Å²) in [5.74, 6) is 0.542. The van der Waals surface area contributed by atoms with E-state index in [2.05, 4.69) is 14.9 Å². The van der Waals surface area contributed by atoms with Gasteiger partial charge in [0.2, 0.25) is 21.8 Å². The number of ether oxygens (including phenoxy) is 1. The zero-order valence-electron chi connectivity index (χ0n) is 18.7. The molecule has 0 radical (unpaired) electrons. The number of piperazine rings is 1. The predicted octanol–water partition coefficient (Wildman–Crippen LogP) is 1.54. The number of anilines is 1. The van der Waals surface area contributed by atoms with Crippen molar-refractivity contribution in [1.29, 1.82) is 0 Å². The summed E-state index contributed by atoms with van der Waals surface area (Å²) in [6, 6.07) is 15.5. The summed E-state index contributed by atoms with van der Waals surface area (Å²) in [6.45, 7) is 5.53. The number of nitrogens with zero attached hydrogens (tertiary/aromatic N) is 2. The predicted molar refractivity (Wildman–Crippen MR) is 126 cm³/mol. The van der Waals surface area contributed by atoms with Crippen LogP contribution in [-0.4, -0.2) is 75.9 Å².